The number of aromatic amines is 1. The predicted octanol–water partition coefficient (Wildman–Crippen LogP) is 2.56. The van der Waals surface area contributed by atoms with Crippen molar-refractivity contribution in [3.8, 4) is 0 Å². The average molecular weight is 261 g/mol. The highest BCUT2D eigenvalue weighted by Gasteiger charge is 2.20. The van der Waals surface area contributed by atoms with Crippen molar-refractivity contribution in [2.75, 3.05) is 0 Å². The summed E-state index contributed by atoms with van der Waals surface area (Å²) in [6.45, 7) is 8.52. The fourth-order valence-electron chi connectivity index (χ4n) is 2.66. The molecule has 0 aliphatic carbocycles. The zero-order valence-electron chi connectivity index (χ0n) is 12.4. The Morgan fingerprint density at radius 2 is 2.16 bits per heavy atom. The number of imidazole rings is 1. The van der Waals surface area contributed by atoms with Crippen LogP contribution in [0, 0.1) is 13.8 Å². The Morgan fingerprint density at radius 1 is 1.42 bits per heavy atom. The summed E-state index contributed by atoms with van der Waals surface area (Å²) >= 11 is 0. The molecule has 5 nitrogen and oxygen atoms in total. The summed E-state index contributed by atoms with van der Waals surface area (Å²) in [6, 6.07) is 0.493. The number of H-pyrrole nitrogens is 1. The second kappa shape index (κ2) is 5.57. The molecule has 0 fully saturated rings. The molecule has 0 saturated heterocycles. The molecule has 104 valence electrons. The standard InChI is InChI=1S/C14H23N5/c1-6-12(14-15-7-8-16-14)17-9(2)13-10(3)18-19(5)11(13)4/h7-9,12,17H,6H2,1-5H3,(H,15,16). The highest BCUT2D eigenvalue weighted by atomic mass is 15.3. The van der Waals surface area contributed by atoms with Crippen molar-refractivity contribution < 1.29 is 0 Å². The third-order valence-electron chi connectivity index (χ3n) is 3.71. The molecule has 0 bridgehead atoms. The van der Waals surface area contributed by atoms with Crippen LogP contribution in [-0.2, 0) is 7.05 Å². The molecule has 0 aliphatic heterocycles. The fourth-order valence-corrected chi connectivity index (χ4v) is 2.66. The van der Waals surface area contributed by atoms with E-state index in [9.17, 15) is 0 Å². The molecule has 0 saturated carbocycles. The van der Waals surface area contributed by atoms with Gasteiger partial charge in [0.1, 0.15) is 5.82 Å². The molecule has 0 radical (unpaired) electrons. The van der Waals surface area contributed by atoms with Gasteiger partial charge in [-0.25, -0.2) is 4.98 Å². The Hall–Kier alpha value is -1.62. The summed E-state index contributed by atoms with van der Waals surface area (Å²) < 4.78 is 1.94. The van der Waals surface area contributed by atoms with E-state index in [-0.39, 0.29) is 12.1 Å². The van der Waals surface area contributed by atoms with Crippen molar-refractivity contribution >= 4 is 0 Å². The zero-order chi connectivity index (χ0) is 14.0. The second-order valence-corrected chi connectivity index (χ2v) is 5.03. The van der Waals surface area contributed by atoms with Crippen LogP contribution in [0.1, 0.15) is 55.1 Å². The molecular weight excluding hydrogens is 238 g/mol. The minimum atomic E-state index is 0.240. The van der Waals surface area contributed by atoms with E-state index in [1.807, 2.05) is 17.9 Å². The number of rotatable bonds is 5. The molecule has 2 N–H and O–H groups in total. The van der Waals surface area contributed by atoms with Gasteiger partial charge in [-0.2, -0.15) is 5.10 Å². The third-order valence-corrected chi connectivity index (χ3v) is 3.71. The summed E-state index contributed by atoms with van der Waals surface area (Å²) in [5.74, 6) is 0.994. The highest BCUT2D eigenvalue weighted by Crippen LogP contribution is 2.24. The van der Waals surface area contributed by atoms with Crippen molar-refractivity contribution in [1.29, 1.82) is 0 Å². The van der Waals surface area contributed by atoms with Crippen molar-refractivity contribution in [2.45, 2.75) is 46.2 Å². The van der Waals surface area contributed by atoms with E-state index in [0.717, 1.165) is 17.9 Å². The van der Waals surface area contributed by atoms with Gasteiger partial charge >= 0.3 is 0 Å². The van der Waals surface area contributed by atoms with E-state index in [2.05, 4.69) is 48.1 Å². The van der Waals surface area contributed by atoms with Gasteiger partial charge in [0.25, 0.3) is 0 Å². The summed E-state index contributed by atoms with van der Waals surface area (Å²) in [5, 5.41) is 8.11. The quantitative estimate of drug-likeness (QED) is 0.869. The molecule has 2 aromatic heterocycles. The highest BCUT2D eigenvalue weighted by molar-refractivity contribution is 5.27. The lowest BCUT2D eigenvalue weighted by molar-refractivity contribution is 0.439. The van der Waals surface area contributed by atoms with E-state index in [1.165, 1.54) is 11.3 Å². The van der Waals surface area contributed by atoms with Gasteiger partial charge in [-0.1, -0.05) is 6.92 Å². The van der Waals surface area contributed by atoms with Gasteiger partial charge in [0.05, 0.1) is 11.7 Å². The number of hydrogen-bond donors (Lipinski definition) is 2. The summed E-state index contributed by atoms with van der Waals surface area (Å²) in [7, 11) is 1.99. The first-order valence-corrected chi connectivity index (χ1v) is 6.80. The molecule has 0 amide bonds. The lowest BCUT2D eigenvalue weighted by Gasteiger charge is -2.21. The van der Waals surface area contributed by atoms with Crippen LogP contribution in [0.15, 0.2) is 12.4 Å². The third kappa shape index (κ3) is 2.71. The van der Waals surface area contributed by atoms with E-state index in [4.69, 9.17) is 0 Å². The molecule has 2 atom stereocenters. The molecule has 2 unspecified atom stereocenters. The van der Waals surface area contributed by atoms with Gasteiger partial charge in [-0.05, 0) is 27.2 Å². The minimum absolute atomic E-state index is 0.240. The first kappa shape index (κ1) is 13.8. The van der Waals surface area contributed by atoms with Crippen LogP contribution in [0.25, 0.3) is 0 Å². The first-order valence-electron chi connectivity index (χ1n) is 6.80. The van der Waals surface area contributed by atoms with Crippen LogP contribution in [0.4, 0.5) is 0 Å². The Kier molecular flexibility index (Phi) is 4.04. The summed E-state index contributed by atoms with van der Waals surface area (Å²) in [4.78, 5) is 7.53. The van der Waals surface area contributed by atoms with E-state index >= 15 is 0 Å². The normalized spacial score (nSPS) is 14.6. The van der Waals surface area contributed by atoms with Crippen molar-refractivity contribution in [2.24, 2.45) is 7.05 Å². The maximum absolute atomic E-state index is 4.48. The van der Waals surface area contributed by atoms with Crippen molar-refractivity contribution in [1.82, 2.24) is 25.1 Å². The fraction of sp³-hybridized carbons (Fsp3) is 0.571. The van der Waals surface area contributed by atoms with Crippen LogP contribution >= 0.6 is 0 Å². The van der Waals surface area contributed by atoms with Gasteiger partial charge in [-0.15, -0.1) is 0 Å². The molecule has 19 heavy (non-hydrogen) atoms. The van der Waals surface area contributed by atoms with Gasteiger partial charge in [-0.3, -0.25) is 4.68 Å². The average Bonchev–Trinajstić information content (AvgIpc) is 2.96. The molecule has 0 aromatic carbocycles. The Morgan fingerprint density at radius 3 is 2.63 bits per heavy atom. The van der Waals surface area contributed by atoms with E-state index in [1.54, 1.807) is 6.20 Å². The van der Waals surface area contributed by atoms with Gasteiger partial charge in [0.2, 0.25) is 0 Å². The number of nitrogens with one attached hydrogen (secondary N) is 2. The van der Waals surface area contributed by atoms with Crippen LogP contribution in [0.3, 0.4) is 0 Å². The lowest BCUT2D eigenvalue weighted by Crippen LogP contribution is -2.25. The molecule has 2 heterocycles. The number of aryl methyl sites for hydroxylation is 2. The maximum Gasteiger partial charge on any atom is 0.123 e. The minimum Gasteiger partial charge on any atom is -0.347 e. The Balaban J connectivity index is 2.18. The number of nitrogens with zero attached hydrogens (tertiary/aromatic N) is 3. The van der Waals surface area contributed by atoms with Crippen LogP contribution < -0.4 is 5.32 Å². The van der Waals surface area contributed by atoms with Crippen molar-refractivity contribution in [3.63, 3.8) is 0 Å². The first-order chi connectivity index (χ1) is 9.04. The molecule has 2 aromatic rings. The zero-order valence-corrected chi connectivity index (χ0v) is 12.4. The van der Waals surface area contributed by atoms with Crippen molar-refractivity contribution in [3.05, 3.63) is 35.2 Å². The largest absolute Gasteiger partial charge is 0.347 e. The molecule has 0 aliphatic rings. The maximum atomic E-state index is 4.48. The summed E-state index contributed by atoms with van der Waals surface area (Å²) in [5.41, 5.74) is 3.59. The molecule has 5 heteroatoms. The molecule has 2 rings (SSSR count). The van der Waals surface area contributed by atoms with Crippen LogP contribution in [-0.4, -0.2) is 19.7 Å². The molecule has 0 spiro atoms. The van der Waals surface area contributed by atoms with E-state index in [0.29, 0.717) is 0 Å². The lowest BCUT2D eigenvalue weighted by atomic mass is 10.0. The summed E-state index contributed by atoms with van der Waals surface area (Å²) in [6.07, 6.45) is 4.66. The SMILES string of the molecule is CCC(NC(C)c1c(C)nn(C)c1C)c1ncc[nH]1. The van der Waals surface area contributed by atoms with E-state index < -0.39 is 0 Å². The Bertz CT molecular complexity index is 526. The van der Waals surface area contributed by atoms with Gasteiger partial charge in [0, 0.05) is 36.7 Å². The number of aromatic nitrogens is 4. The topological polar surface area (TPSA) is 58.5 Å². The van der Waals surface area contributed by atoms with Crippen LogP contribution in [0.5, 0.6) is 0 Å². The molecular formula is C14H23N5. The smallest absolute Gasteiger partial charge is 0.123 e. The predicted molar refractivity (Wildman–Crippen MR) is 75.9 cm³/mol. The number of hydrogen-bond acceptors (Lipinski definition) is 3. The van der Waals surface area contributed by atoms with Crippen LogP contribution in [0.2, 0.25) is 0 Å². The second-order valence-electron chi connectivity index (χ2n) is 5.03. The van der Waals surface area contributed by atoms with Gasteiger partial charge in [0.15, 0.2) is 0 Å². The Labute approximate surface area is 114 Å². The van der Waals surface area contributed by atoms with Gasteiger partial charge < -0.3 is 10.3 Å². The monoisotopic (exact) mass is 261 g/mol.